The Hall–Kier alpha value is -1.62. The van der Waals surface area contributed by atoms with E-state index in [1.807, 2.05) is 0 Å². The van der Waals surface area contributed by atoms with Crippen LogP contribution in [0.25, 0.3) is 0 Å². The molecule has 1 atom stereocenters. The highest BCUT2D eigenvalue weighted by molar-refractivity contribution is 5.96. The third-order valence-electron chi connectivity index (χ3n) is 3.80. The van der Waals surface area contributed by atoms with Gasteiger partial charge in [0.2, 0.25) is 0 Å². The van der Waals surface area contributed by atoms with Crippen molar-refractivity contribution >= 4 is 5.91 Å². The standard InChI is InChI=1S/C15H21FN2O2/c1-10(2)18-6-5-11(9-18)8-17-15(20)13-7-12(16)3-4-14(13)19/h3-4,7,10-11,19H,5-6,8-9H2,1-2H3,(H,17,20). The van der Waals surface area contributed by atoms with Crippen molar-refractivity contribution in [3.05, 3.63) is 29.6 Å². The number of likely N-dealkylation sites (tertiary alicyclic amines) is 1. The summed E-state index contributed by atoms with van der Waals surface area (Å²) in [5.74, 6) is -0.735. The largest absolute Gasteiger partial charge is 0.507 e. The van der Waals surface area contributed by atoms with Crippen LogP contribution in [0.15, 0.2) is 18.2 Å². The number of halogens is 1. The molecule has 4 nitrogen and oxygen atoms in total. The van der Waals surface area contributed by atoms with E-state index in [1.54, 1.807) is 0 Å². The highest BCUT2D eigenvalue weighted by Crippen LogP contribution is 2.20. The van der Waals surface area contributed by atoms with E-state index in [-0.39, 0.29) is 11.3 Å². The summed E-state index contributed by atoms with van der Waals surface area (Å²) in [4.78, 5) is 14.3. The minimum atomic E-state index is -0.528. The van der Waals surface area contributed by atoms with Gasteiger partial charge in [-0.2, -0.15) is 0 Å². The molecule has 0 aromatic heterocycles. The van der Waals surface area contributed by atoms with Crippen LogP contribution >= 0.6 is 0 Å². The maximum absolute atomic E-state index is 13.1. The molecule has 1 heterocycles. The number of amides is 1. The fourth-order valence-electron chi connectivity index (χ4n) is 2.52. The average Bonchev–Trinajstić information content (AvgIpc) is 2.88. The topological polar surface area (TPSA) is 52.6 Å². The molecule has 2 rings (SSSR count). The van der Waals surface area contributed by atoms with Crippen LogP contribution in [-0.4, -0.2) is 41.6 Å². The van der Waals surface area contributed by atoms with Gasteiger partial charge in [-0.1, -0.05) is 0 Å². The summed E-state index contributed by atoms with van der Waals surface area (Å²) in [5, 5.41) is 12.4. The van der Waals surface area contributed by atoms with Gasteiger partial charge < -0.3 is 15.3 Å². The molecule has 1 aliphatic rings. The molecule has 0 spiro atoms. The van der Waals surface area contributed by atoms with Crippen molar-refractivity contribution in [1.82, 2.24) is 10.2 Å². The van der Waals surface area contributed by atoms with Crippen molar-refractivity contribution in [1.29, 1.82) is 0 Å². The predicted octanol–water partition coefficient (Wildman–Crippen LogP) is 1.99. The van der Waals surface area contributed by atoms with Crippen LogP contribution in [0, 0.1) is 11.7 Å². The number of carbonyl (C=O) groups is 1. The Morgan fingerprint density at radius 2 is 2.30 bits per heavy atom. The molecular formula is C15H21FN2O2. The molecule has 5 heteroatoms. The van der Waals surface area contributed by atoms with Gasteiger partial charge in [-0.05, 0) is 50.9 Å². The summed E-state index contributed by atoms with van der Waals surface area (Å²) < 4.78 is 13.1. The Morgan fingerprint density at radius 1 is 1.55 bits per heavy atom. The number of benzene rings is 1. The van der Waals surface area contributed by atoms with E-state index < -0.39 is 11.7 Å². The molecule has 1 fully saturated rings. The first-order valence-corrected chi connectivity index (χ1v) is 6.98. The van der Waals surface area contributed by atoms with Gasteiger partial charge in [-0.25, -0.2) is 4.39 Å². The van der Waals surface area contributed by atoms with Gasteiger partial charge >= 0.3 is 0 Å². The number of hydrogen-bond acceptors (Lipinski definition) is 3. The molecule has 1 amide bonds. The van der Waals surface area contributed by atoms with Crippen molar-refractivity contribution in [3.63, 3.8) is 0 Å². The maximum Gasteiger partial charge on any atom is 0.255 e. The summed E-state index contributed by atoms with van der Waals surface area (Å²) in [6.07, 6.45) is 1.05. The van der Waals surface area contributed by atoms with Crippen LogP contribution < -0.4 is 5.32 Å². The van der Waals surface area contributed by atoms with E-state index in [1.165, 1.54) is 6.07 Å². The van der Waals surface area contributed by atoms with E-state index in [2.05, 4.69) is 24.1 Å². The number of aromatic hydroxyl groups is 1. The van der Waals surface area contributed by atoms with Crippen LogP contribution in [0.4, 0.5) is 4.39 Å². The summed E-state index contributed by atoms with van der Waals surface area (Å²) in [6, 6.07) is 3.90. The van der Waals surface area contributed by atoms with E-state index >= 15 is 0 Å². The van der Waals surface area contributed by atoms with E-state index in [0.717, 1.165) is 31.6 Å². The molecular weight excluding hydrogens is 259 g/mol. The van der Waals surface area contributed by atoms with E-state index in [0.29, 0.717) is 18.5 Å². The SMILES string of the molecule is CC(C)N1CCC(CNC(=O)c2cc(F)ccc2O)C1. The molecule has 1 saturated heterocycles. The van der Waals surface area contributed by atoms with Gasteiger partial charge in [0.1, 0.15) is 11.6 Å². The monoisotopic (exact) mass is 280 g/mol. The smallest absolute Gasteiger partial charge is 0.255 e. The van der Waals surface area contributed by atoms with Crippen molar-refractivity contribution in [2.75, 3.05) is 19.6 Å². The molecule has 1 unspecified atom stereocenters. The lowest BCUT2D eigenvalue weighted by Gasteiger charge is -2.20. The first-order valence-electron chi connectivity index (χ1n) is 6.98. The second kappa shape index (κ2) is 6.22. The minimum Gasteiger partial charge on any atom is -0.507 e. The fourth-order valence-corrected chi connectivity index (χ4v) is 2.52. The Labute approximate surface area is 118 Å². The lowest BCUT2D eigenvalue weighted by atomic mass is 10.1. The third kappa shape index (κ3) is 3.48. The van der Waals surface area contributed by atoms with Crippen LogP contribution in [0.3, 0.4) is 0 Å². The molecule has 1 aliphatic heterocycles. The van der Waals surface area contributed by atoms with Crippen LogP contribution in [0.2, 0.25) is 0 Å². The summed E-state index contributed by atoms with van der Waals surface area (Å²) in [6.45, 7) is 6.88. The molecule has 0 aliphatic carbocycles. The molecule has 2 N–H and O–H groups in total. The quantitative estimate of drug-likeness (QED) is 0.887. The van der Waals surface area contributed by atoms with Gasteiger partial charge in [0.25, 0.3) is 5.91 Å². The molecule has 0 radical (unpaired) electrons. The number of hydrogen-bond donors (Lipinski definition) is 2. The highest BCUT2D eigenvalue weighted by atomic mass is 19.1. The number of nitrogens with zero attached hydrogens (tertiary/aromatic N) is 1. The molecule has 1 aromatic rings. The van der Waals surface area contributed by atoms with Crippen LogP contribution in [0.5, 0.6) is 5.75 Å². The van der Waals surface area contributed by atoms with Gasteiger partial charge in [0.05, 0.1) is 5.56 Å². The van der Waals surface area contributed by atoms with Gasteiger partial charge in [0, 0.05) is 19.1 Å². The van der Waals surface area contributed by atoms with E-state index in [4.69, 9.17) is 0 Å². The first-order chi connectivity index (χ1) is 9.47. The first kappa shape index (κ1) is 14.8. The molecule has 0 saturated carbocycles. The van der Waals surface area contributed by atoms with Crippen molar-refractivity contribution in [2.24, 2.45) is 5.92 Å². The number of phenolic OH excluding ortho intramolecular Hbond substituents is 1. The lowest BCUT2D eigenvalue weighted by molar-refractivity contribution is 0.0944. The fraction of sp³-hybridized carbons (Fsp3) is 0.533. The van der Waals surface area contributed by atoms with Gasteiger partial charge in [0.15, 0.2) is 0 Å². The second-order valence-corrected chi connectivity index (χ2v) is 5.61. The van der Waals surface area contributed by atoms with Crippen molar-refractivity contribution < 1.29 is 14.3 Å². The summed E-state index contributed by atoms with van der Waals surface area (Å²) in [5.41, 5.74) is -0.0105. The Balaban J connectivity index is 1.88. The average molecular weight is 280 g/mol. The zero-order valence-electron chi connectivity index (χ0n) is 11.9. The third-order valence-corrected chi connectivity index (χ3v) is 3.80. The Kier molecular flexibility index (Phi) is 4.60. The predicted molar refractivity (Wildman–Crippen MR) is 75.2 cm³/mol. The zero-order valence-corrected chi connectivity index (χ0v) is 11.9. The van der Waals surface area contributed by atoms with Crippen LogP contribution in [0.1, 0.15) is 30.6 Å². The Bertz CT molecular complexity index is 491. The highest BCUT2D eigenvalue weighted by Gasteiger charge is 2.24. The number of phenols is 1. The normalized spacial score (nSPS) is 19.5. The van der Waals surface area contributed by atoms with Crippen LogP contribution in [-0.2, 0) is 0 Å². The zero-order chi connectivity index (χ0) is 14.7. The Morgan fingerprint density at radius 3 is 2.95 bits per heavy atom. The van der Waals surface area contributed by atoms with Crippen molar-refractivity contribution in [3.8, 4) is 5.75 Å². The number of rotatable bonds is 4. The summed E-state index contributed by atoms with van der Waals surface area (Å²) in [7, 11) is 0. The van der Waals surface area contributed by atoms with E-state index in [9.17, 15) is 14.3 Å². The molecule has 20 heavy (non-hydrogen) atoms. The molecule has 1 aromatic carbocycles. The lowest BCUT2D eigenvalue weighted by Crippen LogP contribution is -2.33. The molecule has 110 valence electrons. The molecule has 0 bridgehead atoms. The van der Waals surface area contributed by atoms with Gasteiger partial charge in [-0.15, -0.1) is 0 Å². The second-order valence-electron chi connectivity index (χ2n) is 5.61. The van der Waals surface area contributed by atoms with Crippen molar-refractivity contribution in [2.45, 2.75) is 26.3 Å². The summed E-state index contributed by atoms with van der Waals surface area (Å²) >= 11 is 0. The number of carbonyl (C=O) groups excluding carboxylic acids is 1. The maximum atomic E-state index is 13.1. The van der Waals surface area contributed by atoms with Gasteiger partial charge in [-0.3, -0.25) is 4.79 Å². The number of nitrogens with one attached hydrogen (secondary N) is 1. The minimum absolute atomic E-state index is 0.0105.